The summed E-state index contributed by atoms with van der Waals surface area (Å²) in [6.45, 7) is 5.42. The van der Waals surface area contributed by atoms with Crippen LogP contribution in [0, 0.1) is 5.92 Å². The lowest BCUT2D eigenvalue weighted by atomic mass is 10.1. The molecule has 0 saturated heterocycles. The van der Waals surface area contributed by atoms with Crippen LogP contribution in [0.5, 0.6) is 0 Å². The number of pyridine rings is 1. The number of hydrogen-bond donors (Lipinski definition) is 1. The summed E-state index contributed by atoms with van der Waals surface area (Å²) in [4.78, 5) is 11.9. The topological polar surface area (TPSA) is 93.4 Å². The summed E-state index contributed by atoms with van der Waals surface area (Å²) in [6.07, 6.45) is -4.06. The van der Waals surface area contributed by atoms with Gasteiger partial charge in [0.2, 0.25) is 15.7 Å². The maximum atomic E-state index is 12.8. The van der Waals surface area contributed by atoms with Crippen molar-refractivity contribution in [3.63, 3.8) is 0 Å². The van der Waals surface area contributed by atoms with Crippen LogP contribution in [0.15, 0.2) is 23.5 Å². The molecule has 0 aromatic carbocycles. The molecule has 0 saturated carbocycles. The van der Waals surface area contributed by atoms with Gasteiger partial charge in [-0.25, -0.2) is 8.42 Å². The highest BCUT2D eigenvalue weighted by atomic mass is 32.2. The van der Waals surface area contributed by atoms with Crippen LogP contribution in [0.2, 0.25) is 0 Å². The van der Waals surface area contributed by atoms with Crippen LogP contribution < -0.4 is 5.32 Å². The largest absolute Gasteiger partial charge is 0.417 e. The van der Waals surface area contributed by atoms with E-state index in [9.17, 15) is 26.4 Å². The van der Waals surface area contributed by atoms with Crippen molar-refractivity contribution >= 4 is 21.4 Å². The number of alkyl halides is 3. The number of aromatic nitrogens is 3. The Morgan fingerprint density at radius 3 is 2.44 bits per heavy atom. The summed E-state index contributed by atoms with van der Waals surface area (Å²) in [5.41, 5.74) is -1.11. The number of sulfone groups is 1. The Labute approximate surface area is 142 Å². The molecule has 0 aliphatic rings. The van der Waals surface area contributed by atoms with Crippen molar-refractivity contribution in [3.05, 3.63) is 23.9 Å². The standard InChI is InChI=1S/C14H17F3N4O3S/c1-8(2)9(3)18-12(22)7-25(23,24)13-20-19-11-5-4-10(6-21(11)13)14(15,16)17/h4-6,8-9H,7H2,1-3H3,(H,18,22). The molecule has 1 amide bonds. The van der Waals surface area contributed by atoms with Gasteiger partial charge in [-0.1, -0.05) is 13.8 Å². The molecule has 138 valence electrons. The van der Waals surface area contributed by atoms with Crippen molar-refractivity contribution in [2.45, 2.75) is 38.1 Å². The maximum Gasteiger partial charge on any atom is 0.417 e. The van der Waals surface area contributed by atoms with Gasteiger partial charge in [0.05, 0.1) is 5.56 Å². The van der Waals surface area contributed by atoms with E-state index < -0.39 is 38.4 Å². The van der Waals surface area contributed by atoms with Crippen LogP contribution in [0.1, 0.15) is 26.3 Å². The number of carbonyl (C=O) groups is 1. The molecular formula is C14H17F3N4O3S. The third-order valence-corrected chi connectivity index (χ3v) is 5.16. The van der Waals surface area contributed by atoms with Crippen LogP contribution in [0.4, 0.5) is 13.2 Å². The molecule has 0 aliphatic heterocycles. The van der Waals surface area contributed by atoms with Gasteiger partial charge in [0.15, 0.2) is 5.65 Å². The van der Waals surface area contributed by atoms with Gasteiger partial charge in [0.1, 0.15) is 5.75 Å². The van der Waals surface area contributed by atoms with Crippen LogP contribution in [-0.4, -0.2) is 40.7 Å². The van der Waals surface area contributed by atoms with Crippen molar-refractivity contribution in [1.29, 1.82) is 0 Å². The van der Waals surface area contributed by atoms with Gasteiger partial charge < -0.3 is 5.32 Å². The van der Waals surface area contributed by atoms with E-state index in [1.807, 2.05) is 13.8 Å². The zero-order valence-electron chi connectivity index (χ0n) is 13.7. The fourth-order valence-corrected chi connectivity index (χ4v) is 3.12. The van der Waals surface area contributed by atoms with E-state index >= 15 is 0 Å². The lowest BCUT2D eigenvalue weighted by molar-refractivity contribution is -0.137. The molecule has 0 bridgehead atoms. The minimum absolute atomic E-state index is 0.0671. The average Bonchev–Trinajstić information content (AvgIpc) is 2.89. The molecule has 2 heterocycles. The number of nitrogens with zero attached hydrogens (tertiary/aromatic N) is 3. The van der Waals surface area contributed by atoms with Crippen molar-refractivity contribution in [3.8, 4) is 0 Å². The molecule has 1 atom stereocenters. The van der Waals surface area contributed by atoms with Gasteiger partial charge in [0, 0.05) is 12.2 Å². The summed E-state index contributed by atoms with van der Waals surface area (Å²) in [6, 6.07) is 1.53. The quantitative estimate of drug-likeness (QED) is 0.855. The van der Waals surface area contributed by atoms with Crippen LogP contribution in [0.3, 0.4) is 0 Å². The summed E-state index contributed by atoms with van der Waals surface area (Å²) in [5, 5.41) is 8.79. The van der Waals surface area contributed by atoms with Gasteiger partial charge in [-0.2, -0.15) is 13.2 Å². The first-order valence-electron chi connectivity index (χ1n) is 7.36. The fourth-order valence-electron chi connectivity index (χ4n) is 1.95. The monoisotopic (exact) mass is 378 g/mol. The number of rotatable bonds is 5. The van der Waals surface area contributed by atoms with Crippen LogP contribution >= 0.6 is 0 Å². The molecule has 7 nitrogen and oxygen atoms in total. The third-order valence-electron chi connectivity index (χ3n) is 3.69. The van der Waals surface area contributed by atoms with E-state index in [0.29, 0.717) is 6.20 Å². The molecule has 0 spiro atoms. The van der Waals surface area contributed by atoms with Crippen LogP contribution in [0.25, 0.3) is 5.65 Å². The first kappa shape index (κ1) is 19.2. The first-order valence-corrected chi connectivity index (χ1v) is 9.01. The number of halogens is 3. The zero-order chi connectivity index (χ0) is 19.0. The molecule has 1 unspecified atom stereocenters. The van der Waals surface area contributed by atoms with E-state index in [-0.39, 0.29) is 17.6 Å². The highest BCUT2D eigenvalue weighted by Crippen LogP contribution is 2.29. The number of fused-ring (bicyclic) bond motifs is 1. The van der Waals surface area contributed by atoms with Crippen molar-refractivity contribution < 1.29 is 26.4 Å². The van der Waals surface area contributed by atoms with Crippen molar-refractivity contribution in [2.75, 3.05) is 5.75 Å². The Balaban J connectivity index is 2.35. The van der Waals surface area contributed by atoms with Crippen molar-refractivity contribution in [2.24, 2.45) is 5.92 Å². The molecule has 2 aromatic rings. The van der Waals surface area contributed by atoms with Gasteiger partial charge in [0.25, 0.3) is 5.16 Å². The van der Waals surface area contributed by atoms with E-state index in [1.54, 1.807) is 6.92 Å². The molecule has 2 aromatic heterocycles. The Morgan fingerprint density at radius 2 is 1.88 bits per heavy atom. The molecule has 0 aliphatic carbocycles. The predicted octanol–water partition coefficient (Wildman–Crippen LogP) is 1.68. The molecule has 0 radical (unpaired) electrons. The smallest absolute Gasteiger partial charge is 0.352 e. The number of nitrogens with one attached hydrogen (secondary N) is 1. The average molecular weight is 378 g/mol. The molecule has 2 rings (SSSR count). The number of amides is 1. The summed E-state index contributed by atoms with van der Waals surface area (Å²) in [7, 11) is -4.27. The van der Waals surface area contributed by atoms with Gasteiger partial charge >= 0.3 is 6.18 Å². The summed E-state index contributed by atoms with van der Waals surface area (Å²) < 4.78 is 63.9. The van der Waals surface area contributed by atoms with E-state index in [0.717, 1.165) is 16.5 Å². The van der Waals surface area contributed by atoms with E-state index in [4.69, 9.17) is 0 Å². The summed E-state index contributed by atoms with van der Waals surface area (Å²) in [5.74, 6) is -1.60. The second kappa shape index (κ2) is 6.62. The second-order valence-electron chi connectivity index (χ2n) is 5.99. The fraction of sp³-hybridized carbons (Fsp3) is 0.500. The Hall–Kier alpha value is -2.17. The van der Waals surface area contributed by atoms with Gasteiger partial charge in [-0.15, -0.1) is 10.2 Å². The Bertz CT molecular complexity index is 890. The lowest BCUT2D eigenvalue weighted by Gasteiger charge is -2.17. The normalized spacial score (nSPS) is 14.0. The van der Waals surface area contributed by atoms with E-state index in [2.05, 4.69) is 15.5 Å². The highest BCUT2D eigenvalue weighted by Gasteiger charge is 2.32. The molecular weight excluding hydrogens is 361 g/mol. The Morgan fingerprint density at radius 1 is 1.24 bits per heavy atom. The lowest BCUT2D eigenvalue weighted by Crippen LogP contribution is -2.39. The third kappa shape index (κ3) is 4.27. The van der Waals surface area contributed by atoms with E-state index in [1.165, 1.54) is 0 Å². The second-order valence-corrected chi connectivity index (χ2v) is 7.87. The van der Waals surface area contributed by atoms with Crippen molar-refractivity contribution in [1.82, 2.24) is 19.9 Å². The number of carbonyl (C=O) groups excluding carboxylic acids is 1. The molecule has 25 heavy (non-hydrogen) atoms. The first-order chi connectivity index (χ1) is 11.4. The minimum Gasteiger partial charge on any atom is -0.352 e. The predicted molar refractivity (Wildman–Crippen MR) is 82.5 cm³/mol. The molecule has 0 fully saturated rings. The number of hydrogen-bond acceptors (Lipinski definition) is 5. The highest BCUT2D eigenvalue weighted by molar-refractivity contribution is 7.91. The van der Waals surface area contributed by atoms with Gasteiger partial charge in [-0.05, 0) is 25.0 Å². The molecule has 11 heteroatoms. The van der Waals surface area contributed by atoms with Gasteiger partial charge in [-0.3, -0.25) is 9.20 Å². The molecule has 1 N–H and O–H groups in total. The Kier molecular flexibility index (Phi) is 5.07. The van der Waals surface area contributed by atoms with Crippen LogP contribution in [-0.2, 0) is 20.8 Å². The SMILES string of the molecule is CC(C)C(C)NC(=O)CS(=O)(=O)c1nnc2ccc(C(F)(F)F)cn12. The minimum atomic E-state index is -4.65. The maximum absolute atomic E-state index is 12.8. The summed E-state index contributed by atoms with van der Waals surface area (Å²) >= 11 is 0. The zero-order valence-corrected chi connectivity index (χ0v) is 14.5.